The van der Waals surface area contributed by atoms with Crippen LogP contribution in [0.15, 0.2) is 30.3 Å². The summed E-state index contributed by atoms with van der Waals surface area (Å²) >= 11 is 0. The van der Waals surface area contributed by atoms with Crippen LogP contribution in [0.4, 0.5) is 5.82 Å². The molecule has 1 atom stereocenters. The van der Waals surface area contributed by atoms with Crippen molar-refractivity contribution < 1.29 is 5.11 Å². The van der Waals surface area contributed by atoms with Crippen molar-refractivity contribution in [1.82, 2.24) is 15.1 Å². The van der Waals surface area contributed by atoms with Gasteiger partial charge in [0, 0.05) is 18.2 Å². The Morgan fingerprint density at radius 1 is 1.26 bits per heavy atom. The summed E-state index contributed by atoms with van der Waals surface area (Å²) in [4.78, 5) is 2.33. The third-order valence-electron chi connectivity index (χ3n) is 4.39. The zero-order valence-corrected chi connectivity index (χ0v) is 13.8. The van der Waals surface area contributed by atoms with E-state index in [4.69, 9.17) is 0 Å². The molecule has 23 heavy (non-hydrogen) atoms. The van der Waals surface area contributed by atoms with Crippen LogP contribution < -0.4 is 5.32 Å². The van der Waals surface area contributed by atoms with Crippen LogP contribution in [-0.2, 0) is 6.42 Å². The number of piperidine rings is 1. The van der Waals surface area contributed by atoms with Crippen molar-refractivity contribution in [2.24, 2.45) is 0 Å². The Labute approximate surface area is 137 Å². The standard InChI is InChI=1S/C18H24N4O/c1-3-13-6-7-15(17(23)11-13)16-8-9-18(21-20-16)19-14-5-4-10-22(2)12-14/h6-9,11,14,23H,3-5,10,12H2,1-2H3,(H,19,21)/t14-/m1/s1. The van der Waals surface area contributed by atoms with Gasteiger partial charge < -0.3 is 15.3 Å². The quantitative estimate of drug-likeness (QED) is 0.909. The van der Waals surface area contributed by atoms with Crippen LogP contribution >= 0.6 is 0 Å². The summed E-state index contributed by atoms with van der Waals surface area (Å²) in [6, 6.07) is 9.97. The Bertz CT molecular complexity index is 657. The van der Waals surface area contributed by atoms with Gasteiger partial charge in [0.05, 0.1) is 5.69 Å². The summed E-state index contributed by atoms with van der Waals surface area (Å²) in [7, 11) is 2.14. The van der Waals surface area contributed by atoms with Gasteiger partial charge in [-0.1, -0.05) is 13.0 Å². The van der Waals surface area contributed by atoms with E-state index in [0.29, 0.717) is 11.7 Å². The van der Waals surface area contributed by atoms with Gasteiger partial charge >= 0.3 is 0 Å². The minimum absolute atomic E-state index is 0.258. The normalized spacial score (nSPS) is 18.8. The molecule has 1 aromatic carbocycles. The largest absolute Gasteiger partial charge is 0.507 e. The molecule has 0 amide bonds. The summed E-state index contributed by atoms with van der Waals surface area (Å²) in [5.74, 6) is 1.05. The van der Waals surface area contributed by atoms with Crippen molar-refractivity contribution in [3.8, 4) is 17.0 Å². The molecular formula is C18H24N4O. The summed E-state index contributed by atoms with van der Waals surface area (Å²) < 4.78 is 0. The molecule has 3 rings (SSSR count). The first kappa shape index (κ1) is 15.7. The first-order chi connectivity index (χ1) is 11.2. The van der Waals surface area contributed by atoms with Crippen molar-refractivity contribution in [2.75, 3.05) is 25.5 Å². The second-order valence-electron chi connectivity index (χ2n) is 6.25. The molecule has 1 aromatic heterocycles. The first-order valence-electron chi connectivity index (χ1n) is 8.27. The van der Waals surface area contributed by atoms with Gasteiger partial charge in [-0.05, 0) is 62.7 Å². The van der Waals surface area contributed by atoms with Gasteiger partial charge in [-0.3, -0.25) is 0 Å². The molecule has 1 aliphatic rings. The Kier molecular flexibility index (Phi) is 4.76. The lowest BCUT2D eigenvalue weighted by Gasteiger charge is -2.30. The lowest BCUT2D eigenvalue weighted by Crippen LogP contribution is -2.39. The molecule has 5 nitrogen and oxygen atoms in total. The van der Waals surface area contributed by atoms with Crippen LogP contribution in [0.25, 0.3) is 11.3 Å². The molecule has 0 radical (unpaired) electrons. The van der Waals surface area contributed by atoms with E-state index in [1.165, 1.54) is 6.42 Å². The predicted octanol–water partition coefficient (Wildman–Crippen LogP) is 2.92. The number of aryl methyl sites for hydroxylation is 1. The van der Waals surface area contributed by atoms with Crippen LogP contribution in [0, 0.1) is 0 Å². The molecule has 2 aromatic rings. The van der Waals surface area contributed by atoms with Gasteiger partial charge in [-0.15, -0.1) is 10.2 Å². The monoisotopic (exact) mass is 312 g/mol. The zero-order valence-electron chi connectivity index (χ0n) is 13.8. The Morgan fingerprint density at radius 2 is 2.13 bits per heavy atom. The number of aromatic nitrogens is 2. The van der Waals surface area contributed by atoms with Gasteiger partial charge in [-0.25, -0.2) is 0 Å². The lowest BCUT2D eigenvalue weighted by atomic mass is 10.1. The second-order valence-corrected chi connectivity index (χ2v) is 6.25. The highest BCUT2D eigenvalue weighted by Crippen LogP contribution is 2.28. The van der Waals surface area contributed by atoms with E-state index in [2.05, 4.69) is 34.4 Å². The number of anilines is 1. The van der Waals surface area contributed by atoms with E-state index in [1.54, 1.807) is 6.07 Å². The second kappa shape index (κ2) is 6.96. The van der Waals surface area contributed by atoms with Crippen molar-refractivity contribution >= 4 is 5.82 Å². The fourth-order valence-electron chi connectivity index (χ4n) is 3.06. The molecule has 122 valence electrons. The van der Waals surface area contributed by atoms with Gasteiger partial charge in [0.2, 0.25) is 0 Å². The lowest BCUT2D eigenvalue weighted by molar-refractivity contribution is 0.260. The van der Waals surface area contributed by atoms with Crippen LogP contribution in [0.1, 0.15) is 25.3 Å². The molecule has 0 aliphatic carbocycles. The number of benzene rings is 1. The molecule has 0 unspecified atom stereocenters. The number of likely N-dealkylation sites (tertiary alicyclic amines) is 1. The van der Waals surface area contributed by atoms with Crippen molar-refractivity contribution in [3.63, 3.8) is 0 Å². The molecule has 1 fully saturated rings. The third kappa shape index (κ3) is 3.79. The van der Waals surface area contributed by atoms with Crippen LogP contribution in [-0.4, -0.2) is 46.4 Å². The van der Waals surface area contributed by atoms with Gasteiger partial charge in [0.1, 0.15) is 11.6 Å². The minimum Gasteiger partial charge on any atom is -0.507 e. The number of nitrogens with zero attached hydrogens (tertiary/aromatic N) is 3. The molecule has 2 N–H and O–H groups in total. The molecule has 0 bridgehead atoms. The SMILES string of the molecule is CCc1ccc(-c2ccc(N[C@@H]3CCCN(C)C3)nn2)c(O)c1. The van der Waals surface area contributed by atoms with Gasteiger partial charge in [0.25, 0.3) is 0 Å². The van der Waals surface area contributed by atoms with E-state index in [0.717, 1.165) is 42.9 Å². The topological polar surface area (TPSA) is 61.3 Å². The average Bonchev–Trinajstić information content (AvgIpc) is 2.56. The highest BCUT2D eigenvalue weighted by Gasteiger charge is 2.17. The number of rotatable bonds is 4. The molecule has 0 saturated carbocycles. The maximum absolute atomic E-state index is 10.1. The first-order valence-corrected chi connectivity index (χ1v) is 8.27. The van der Waals surface area contributed by atoms with E-state index in [9.17, 15) is 5.11 Å². The molecule has 5 heteroatoms. The number of aromatic hydroxyl groups is 1. The number of likely N-dealkylation sites (N-methyl/N-ethyl adjacent to an activating group) is 1. The van der Waals surface area contributed by atoms with Crippen LogP contribution in [0.5, 0.6) is 5.75 Å². The maximum atomic E-state index is 10.1. The smallest absolute Gasteiger partial charge is 0.148 e. The van der Waals surface area contributed by atoms with Crippen molar-refractivity contribution in [2.45, 2.75) is 32.2 Å². The Balaban J connectivity index is 1.72. The predicted molar refractivity (Wildman–Crippen MR) is 92.7 cm³/mol. The maximum Gasteiger partial charge on any atom is 0.148 e. The summed E-state index contributed by atoms with van der Waals surface area (Å²) in [5, 5.41) is 22.1. The number of nitrogens with one attached hydrogen (secondary N) is 1. The Morgan fingerprint density at radius 3 is 2.78 bits per heavy atom. The zero-order chi connectivity index (χ0) is 16.2. The van der Waals surface area contributed by atoms with Gasteiger partial charge in [0.15, 0.2) is 0 Å². The van der Waals surface area contributed by atoms with Crippen molar-refractivity contribution in [1.29, 1.82) is 0 Å². The molecular weight excluding hydrogens is 288 g/mol. The van der Waals surface area contributed by atoms with Crippen molar-refractivity contribution in [3.05, 3.63) is 35.9 Å². The fourth-order valence-corrected chi connectivity index (χ4v) is 3.06. The molecule has 1 saturated heterocycles. The fraction of sp³-hybridized carbons (Fsp3) is 0.444. The summed E-state index contributed by atoms with van der Waals surface area (Å²) in [6.45, 7) is 4.26. The van der Waals surface area contributed by atoms with Crippen LogP contribution in [0.2, 0.25) is 0 Å². The van der Waals surface area contributed by atoms with E-state index in [-0.39, 0.29) is 5.75 Å². The number of hydrogen-bond donors (Lipinski definition) is 2. The number of phenols is 1. The third-order valence-corrected chi connectivity index (χ3v) is 4.39. The summed E-state index contributed by atoms with van der Waals surface area (Å²) in [5.41, 5.74) is 2.52. The Hall–Kier alpha value is -2.14. The summed E-state index contributed by atoms with van der Waals surface area (Å²) in [6.07, 6.45) is 3.27. The highest BCUT2D eigenvalue weighted by atomic mass is 16.3. The van der Waals surface area contributed by atoms with E-state index >= 15 is 0 Å². The van der Waals surface area contributed by atoms with Crippen LogP contribution in [0.3, 0.4) is 0 Å². The molecule has 2 heterocycles. The molecule has 1 aliphatic heterocycles. The highest BCUT2D eigenvalue weighted by molar-refractivity contribution is 5.67. The van der Waals surface area contributed by atoms with E-state index in [1.807, 2.05) is 24.3 Å². The van der Waals surface area contributed by atoms with E-state index < -0.39 is 0 Å². The van der Waals surface area contributed by atoms with Gasteiger partial charge in [-0.2, -0.15) is 0 Å². The minimum atomic E-state index is 0.258. The number of hydrogen-bond acceptors (Lipinski definition) is 5. The number of phenolic OH excluding ortho intramolecular Hbond substituents is 1. The molecule has 0 spiro atoms. The average molecular weight is 312 g/mol.